The highest BCUT2D eigenvalue weighted by molar-refractivity contribution is 6.32. The summed E-state index contributed by atoms with van der Waals surface area (Å²) >= 11 is 0. The standard InChI is InChI=1S/C10H16N2O4/c1-2-16-10(15)9(14)12-11-8(13)7-5-3-4-6-7/h7H,2-6H2,1H3,(H,11,13)(H,12,14). The minimum Gasteiger partial charge on any atom is -0.459 e. The second kappa shape index (κ2) is 6.09. The van der Waals surface area contributed by atoms with Crippen LogP contribution in [0.4, 0.5) is 0 Å². The monoisotopic (exact) mass is 228 g/mol. The Morgan fingerprint density at radius 3 is 2.38 bits per heavy atom. The summed E-state index contributed by atoms with van der Waals surface area (Å²) in [6.45, 7) is 1.73. The van der Waals surface area contributed by atoms with Crippen LogP contribution in [0.3, 0.4) is 0 Å². The summed E-state index contributed by atoms with van der Waals surface area (Å²) in [6.07, 6.45) is 3.73. The second-order valence-corrected chi connectivity index (χ2v) is 3.65. The predicted octanol–water partition coefficient (Wildman–Crippen LogP) is -0.113. The zero-order valence-corrected chi connectivity index (χ0v) is 9.25. The quantitative estimate of drug-likeness (QED) is 0.392. The van der Waals surface area contributed by atoms with E-state index in [0.717, 1.165) is 25.7 Å². The van der Waals surface area contributed by atoms with Crippen molar-refractivity contribution in [1.82, 2.24) is 10.9 Å². The summed E-state index contributed by atoms with van der Waals surface area (Å²) in [6, 6.07) is 0. The molecule has 0 unspecified atom stereocenters. The molecule has 0 saturated heterocycles. The molecule has 1 aliphatic carbocycles. The first kappa shape index (κ1) is 12.5. The van der Waals surface area contributed by atoms with Crippen molar-refractivity contribution >= 4 is 17.8 Å². The van der Waals surface area contributed by atoms with Crippen molar-refractivity contribution in [3.63, 3.8) is 0 Å². The Bertz CT molecular complexity index is 285. The van der Waals surface area contributed by atoms with Gasteiger partial charge in [0.1, 0.15) is 0 Å². The molecule has 6 heteroatoms. The van der Waals surface area contributed by atoms with Crippen LogP contribution in [-0.4, -0.2) is 24.4 Å². The minimum absolute atomic E-state index is 0.0532. The van der Waals surface area contributed by atoms with Crippen LogP contribution in [0, 0.1) is 5.92 Å². The van der Waals surface area contributed by atoms with Crippen molar-refractivity contribution in [2.24, 2.45) is 5.92 Å². The van der Waals surface area contributed by atoms with Crippen molar-refractivity contribution in [1.29, 1.82) is 0 Å². The van der Waals surface area contributed by atoms with Crippen molar-refractivity contribution in [3.05, 3.63) is 0 Å². The summed E-state index contributed by atoms with van der Waals surface area (Å²) in [4.78, 5) is 33.4. The molecule has 0 bridgehead atoms. The lowest BCUT2D eigenvalue weighted by atomic mass is 10.1. The number of rotatable bonds is 2. The fourth-order valence-corrected chi connectivity index (χ4v) is 1.66. The van der Waals surface area contributed by atoms with Crippen LogP contribution >= 0.6 is 0 Å². The van der Waals surface area contributed by atoms with Gasteiger partial charge in [0, 0.05) is 5.92 Å². The average molecular weight is 228 g/mol. The van der Waals surface area contributed by atoms with E-state index in [2.05, 4.69) is 10.2 Å². The first-order valence-corrected chi connectivity index (χ1v) is 5.42. The number of carbonyl (C=O) groups is 3. The van der Waals surface area contributed by atoms with Crippen LogP contribution in [0.5, 0.6) is 0 Å². The van der Waals surface area contributed by atoms with E-state index in [4.69, 9.17) is 0 Å². The third-order valence-corrected chi connectivity index (χ3v) is 2.49. The molecule has 0 aliphatic heterocycles. The van der Waals surface area contributed by atoms with E-state index in [1.54, 1.807) is 6.92 Å². The van der Waals surface area contributed by atoms with Gasteiger partial charge in [0.15, 0.2) is 0 Å². The second-order valence-electron chi connectivity index (χ2n) is 3.65. The fourth-order valence-electron chi connectivity index (χ4n) is 1.66. The van der Waals surface area contributed by atoms with E-state index < -0.39 is 11.9 Å². The highest BCUT2D eigenvalue weighted by Gasteiger charge is 2.23. The number of ether oxygens (including phenoxy) is 1. The molecule has 1 fully saturated rings. The maximum atomic E-state index is 11.5. The summed E-state index contributed by atoms with van der Waals surface area (Å²) in [7, 11) is 0. The van der Waals surface area contributed by atoms with E-state index in [0.29, 0.717) is 0 Å². The van der Waals surface area contributed by atoms with Crippen molar-refractivity contribution < 1.29 is 19.1 Å². The predicted molar refractivity (Wildman–Crippen MR) is 54.9 cm³/mol. The lowest BCUT2D eigenvalue weighted by molar-refractivity contribution is -0.155. The number of carbonyl (C=O) groups excluding carboxylic acids is 3. The van der Waals surface area contributed by atoms with Gasteiger partial charge in [-0.15, -0.1) is 0 Å². The number of amides is 2. The van der Waals surface area contributed by atoms with E-state index in [1.807, 2.05) is 5.43 Å². The zero-order chi connectivity index (χ0) is 12.0. The van der Waals surface area contributed by atoms with E-state index in [-0.39, 0.29) is 18.4 Å². The maximum absolute atomic E-state index is 11.5. The molecule has 16 heavy (non-hydrogen) atoms. The highest BCUT2D eigenvalue weighted by Crippen LogP contribution is 2.24. The molecule has 0 heterocycles. The van der Waals surface area contributed by atoms with Gasteiger partial charge in [-0.2, -0.15) is 0 Å². The van der Waals surface area contributed by atoms with Gasteiger partial charge < -0.3 is 4.74 Å². The van der Waals surface area contributed by atoms with Crippen LogP contribution in [0.15, 0.2) is 0 Å². The van der Waals surface area contributed by atoms with Gasteiger partial charge in [-0.3, -0.25) is 20.4 Å². The van der Waals surface area contributed by atoms with Crippen molar-refractivity contribution in [2.75, 3.05) is 6.61 Å². The lowest BCUT2D eigenvalue weighted by Crippen LogP contribution is -2.47. The lowest BCUT2D eigenvalue weighted by Gasteiger charge is -2.10. The Morgan fingerprint density at radius 1 is 1.19 bits per heavy atom. The Hall–Kier alpha value is -1.59. The Labute approximate surface area is 93.7 Å². The molecule has 0 spiro atoms. The molecule has 1 saturated carbocycles. The molecule has 2 amide bonds. The van der Waals surface area contributed by atoms with Gasteiger partial charge in [-0.25, -0.2) is 4.79 Å². The molecule has 0 aromatic carbocycles. The Kier molecular flexibility index (Phi) is 4.75. The van der Waals surface area contributed by atoms with Crippen molar-refractivity contribution in [2.45, 2.75) is 32.6 Å². The third-order valence-electron chi connectivity index (χ3n) is 2.49. The van der Waals surface area contributed by atoms with Crippen LogP contribution in [-0.2, 0) is 19.1 Å². The molecule has 2 N–H and O–H groups in total. The molecule has 1 rings (SSSR count). The van der Waals surface area contributed by atoms with Crippen molar-refractivity contribution in [3.8, 4) is 0 Å². The largest absolute Gasteiger partial charge is 0.459 e. The first-order valence-electron chi connectivity index (χ1n) is 5.42. The Morgan fingerprint density at radius 2 is 1.81 bits per heavy atom. The number of hydrazine groups is 1. The molecule has 0 radical (unpaired) electrons. The van der Waals surface area contributed by atoms with E-state index in [9.17, 15) is 14.4 Å². The molecule has 6 nitrogen and oxygen atoms in total. The average Bonchev–Trinajstić information content (AvgIpc) is 2.79. The van der Waals surface area contributed by atoms with Gasteiger partial charge in [0.05, 0.1) is 6.61 Å². The van der Waals surface area contributed by atoms with Gasteiger partial charge in [0.2, 0.25) is 5.91 Å². The van der Waals surface area contributed by atoms with E-state index >= 15 is 0 Å². The number of esters is 1. The molecule has 0 atom stereocenters. The molecular weight excluding hydrogens is 212 g/mol. The zero-order valence-electron chi connectivity index (χ0n) is 9.25. The first-order chi connectivity index (χ1) is 7.65. The minimum atomic E-state index is -0.991. The maximum Gasteiger partial charge on any atom is 0.398 e. The van der Waals surface area contributed by atoms with Gasteiger partial charge in [-0.1, -0.05) is 12.8 Å². The topological polar surface area (TPSA) is 84.5 Å². The number of hydrogen-bond donors (Lipinski definition) is 2. The highest BCUT2D eigenvalue weighted by atomic mass is 16.5. The van der Waals surface area contributed by atoms with Gasteiger partial charge >= 0.3 is 11.9 Å². The molecule has 1 aliphatic rings. The third kappa shape index (κ3) is 3.52. The van der Waals surface area contributed by atoms with E-state index in [1.165, 1.54) is 0 Å². The summed E-state index contributed by atoms with van der Waals surface area (Å²) in [5.41, 5.74) is 4.26. The Balaban J connectivity index is 2.25. The van der Waals surface area contributed by atoms with Crippen LogP contribution in [0.1, 0.15) is 32.6 Å². The van der Waals surface area contributed by atoms with Crippen LogP contribution in [0.25, 0.3) is 0 Å². The van der Waals surface area contributed by atoms with Gasteiger partial charge in [-0.05, 0) is 19.8 Å². The SMILES string of the molecule is CCOC(=O)C(=O)NNC(=O)C1CCCC1. The normalized spacial score (nSPS) is 15.6. The molecule has 0 aromatic rings. The number of nitrogens with one attached hydrogen (secondary N) is 2. The van der Waals surface area contributed by atoms with Crippen LogP contribution in [0.2, 0.25) is 0 Å². The van der Waals surface area contributed by atoms with Crippen LogP contribution < -0.4 is 10.9 Å². The smallest absolute Gasteiger partial charge is 0.398 e. The molecule has 90 valence electrons. The number of hydrogen-bond acceptors (Lipinski definition) is 4. The molecular formula is C10H16N2O4. The fraction of sp³-hybridized carbons (Fsp3) is 0.700. The summed E-state index contributed by atoms with van der Waals surface area (Å²) in [5, 5.41) is 0. The summed E-state index contributed by atoms with van der Waals surface area (Å²) < 4.78 is 4.46. The molecule has 0 aromatic heterocycles. The summed E-state index contributed by atoms with van der Waals surface area (Å²) in [5.74, 6) is -2.24. The van der Waals surface area contributed by atoms with Gasteiger partial charge in [0.25, 0.3) is 0 Å².